The fourth-order valence-corrected chi connectivity index (χ4v) is 8.88. The number of allylic oxidation sites excluding steroid dienone is 2. The van der Waals surface area contributed by atoms with E-state index >= 15 is 0 Å². The van der Waals surface area contributed by atoms with Crippen LogP contribution in [0.2, 0.25) is 0 Å². The Morgan fingerprint density at radius 2 is 0.731 bits per heavy atom. The lowest BCUT2D eigenvalue weighted by Gasteiger charge is -2.73. The van der Waals surface area contributed by atoms with Gasteiger partial charge in [0.25, 0.3) is 0 Å². The normalized spacial score (nSPS) is 50.6. The van der Waals surface area contributed by atoms with Crippen LogP contribution in [0, 0.1) is 69.0 Å². The summed E-state index contributed by atoms with van der Waals surface area (Å²) in [5.41, 5.74) is 1.52. The lowest BCUT2D eigenvalue weighted by Crippen LogP contribution is -2.68. The van der Waals surface area contributed by atoms with Gasteiger partial charge in [0.05, 0.1) is 0 Å². The number of hydrogen-bond donors (Lipinski definition) is 0. The zero-order valence-electron chi connectivity index (χ0n) is 19.8. The molecule has 0 amide bonds. The molecule has 0 radical (unpaired) electrons. The van der Waals surface area contributed by atoms with Crippen LogP contribution in [-0.2, 0) is 0 Å². The largest absolute Gasteiger partial charge is 0.0851 e. The third kappa shape index (κ3) is 2.26. The highest BCUT2D eigenvalue weighted by atomic mass is 14.7. The Morgan fingerprint density at radius 1 is 0.462 bits per heavy atom. The summed E-state index contributed by atoms with van der Waals surface area (Å²) in [6, 6.07) is 0. The van der Waals surface area contributed by atoms with Gasteiger partial charge in [-0.25, -0.2) is 0 Å². The van der Waals surface area contributed by atoms with Crippen molar-refractivity contribution in [2.75, 3.05) is 0 Å². The van der Waals surface area contributed by atoms with Crippen molar-refractivity contribution >= 4 is 0 Å². The molecule has 8 unspecified atom stereocenters. The van der Waals surface area contributed by atoms with Crippen molar-refractivity contribution in [3.05, 3.63) is 12.2 Å². The van der Waals surface area contributed by atoms with E-state index in [1.165, 1.54) is 0 Å². The minimum absolute atomic E-state index is 0.368. The molecule has 26 heavy (non-hydrogen) atoms. The van der Waals surface area contributed by atoms with Crippen LogP contribution >= 0.6 is 0 Å². The van der Waals surface area contributed by atoms with E-state index in [0.717, 1.165) is 35.5 Å². The molecule has 0 aromatic carbocycles. The average molecular weight is 359 g/mol. The molecule has 0 heterocycles. The summed E-state index contributed by atoms with van der Waals surface area (Å²) in [6.07, 6.45) is 5.08. The first-order valence-corrected chi connectivity index (χ1v) is 11.3. The van der Waals surface area contributed by atoms with Crippen LogP contribution in [0.3, 0.4) is 0 Å². The summed E-state index contributed by atoms with van der Waals surface area (Å²) >= 11 is 0. The van der Waals surface area contributed by atoms with Gasteiger partial charge < -0.3 is 0 Å². The van der Waals surface area contributed by atoms with Gasteiger partial charge in [0.15, 0.2) is 0 Å². The summed E-state index contributed by atoms with van der Waals surface area (Å²) in [4.78, 5) is 0. The van der Waals surface area contributed by atoms with E-state index in [1.54, 1.807) is 0 Å². The zero-order chi connectivity index (χ0) is 20.0. The van der Waals surface area contributed by atoms with Crippen LogP contribution in [0.15, 0.2) is 12.2 Å². The predicted octanol–water partition coefficient (Wildman–Crippen LogP) is 7.70. The van der Waals surface area contributed by atoms with Crippen molar-refractivity contribution in [3.63, 3.8) is 0 Å². The maximum Gasteiger partial charge on any atom is -0.0225 e. The first kappa shape index (κ1) is 20.5. The molecule has 0 spiro atoms. The monoisotopic (exact) mass is 358 g/mol. The predicted molar refractivity (Wildman–Crippen MR) is 115 cm³/mol. The molecule has 0 N–H and O–H groups in total. The topological polar surface area (TPSA) is 0 Å². The van der Waals surface area contributed by atoms with E-state index in [9.17, 15) is 0 Å². The van der Waals surface area contributed by atoms with Crippen molar-refractivity contribution in [2.45, 2.75) is 83.1 Å². The van der Waals surface area contributed by atoms with Crippen molar-refractivity contribution in [2.24, 2.45) is 69.0 Å². The van der Waals surface area contributed by atoms with Crippen molar-refractivity contribution in [1.29, 1.82) is 0 Å². The molecule has 3 rings (SSSR count). The molecule has 0 nitrogen and oxygen atoms in total. The molecule has 3 aliphatic carbocycles. The van der Waals surface area contributed by atoms with Crippen LogP contribution in [0.4, 0.5) is 0 Å². The standard InChI is InChI=1S/C26H46/c1-15-13-14-16(2)20-19(15)23(5,6)21-17(3)25(9,10)26(11,12)18(4)22(21)24(20,7)8/h13-22H,1-12H3. The highest BCUT2D eigenvalue weighted by Crippen LogP contribution is 2.73. The smallest absolute Gasteiger partial charge is 0.0225 e. The average Bonchev–Trinajstić information content (AvgIpc) is 2.49. The molecule has 2 saturated carbocycles. The van der Waals surface area contributed by atoms with E-state index in [4.69, 9.17) is 0 Å². The Labute approximate surface area is 164 Å². The lowest BCUT2D eigenvalue weighted by atomic mass is 9.31. The van der Waals surface area contributed by atoms with E-state index in [2.05, 4.69) is 95.2 Å². The first-order chi connectivity index (χ1) is 11.6. The molecular formula is C26H46. The molecule has 150 valence electrons. The molecule has 0 heteroatoms. The summed E-state index contributed by atoms with van der Waals surface area (Å²) < 4.78 is 0. The second kappa shape index (κ2) is 5.64. The minimum atomic E-state index is 0.368. The molecule has 0 aromatic rings. The molecule has 8 atom stereocenters. The Hall–Kier alpha value is -0.260. The number of rotatable bonds is 0. The fraction of sp³-hybridized carbons (Fsp3) is 0.923. The summed E-state index contributed by atoms with van der Waals surface area (Å²) in [7, 11) is 0. The molecular weight excluding hydrogens is 312 g/mol. The van der Waals surface area contributed by atoms with E-state index < -0.39 is 0 Å². The quantitative estimate of drug-likeness (QED) is 0.389. The van der Waals surface area contributed by atoms with Crippen LogP contribution in [0.25, 0.3) is 0 Å². The molecule has 2 fully saturated rings. The zero-order valence-corrected chi connectivity index (χ0v) is 19.8. The van der Waals surface area contributed by atoms with Gasteiger partial charge in [0.1, 0.15) is 0 Å². The second-order valence-corrected chi connectivity index (χ2v) is 12.9. The summed E-state index contributed by atoms with van der Waals surface area (Å²) in [5.74, 6) is 6.11. The van der Waals surface area contributed by atoms with Gasteiger partial charge in [-0.05, 0) is 69.0 Å². The molecule has 0 saturated heterocycles. The van der Waals surface area contributed by atoms with E-state index in [0.29, 0.717) is 33.5 Å². The van der Waals surface area contributed by atoms with Crippen molar-refractivity contribution < 1.29 is 0 Å². The Bertz CT molecular complexity index is 535. The van der Waals surface area contributed by atoms with Crippen molar-refractivity contribution in [3.8, 4) is 0 Å². The summed E-state index contributed by atoms with van der Waals surface area (Å²) in [6.45, 7) is 31.0. The maximum atomic E-state index is 2.64. The molecule has 0 aliphatic heterocycles. The third-order valence-corrected chi connectivity index (χ3v) is 11.1. The minimum Gasteiger partial charge on any atom is -0.0851 e. The SMILES string of the molecule is CC1C=CC(C)C2C1C(C)(C)C1C(C(C)C(C)(C)C(C)(C)C1C)C2(C)C. The fourth-order valence-electron chi connectivity index (χ4n) is 8.88. The lowest BCUT2D eigenvalue weighted by molar-refractivity contribution is -0.249. The summed E-state index contributed by atoms with van der Waals surface area (Å²) in [5, 5.41) is 0. The van der Waals surface area contributed by atoms with Gasteiger partial charge in [-0.3, -0.25) is 0 Å². The van der Waals surface area contributed by atoms with Gasteiger partial charge in [-0.15, -0.1) is 0 Å². The first-order valence-electron chi connectivity index (χ1n) is 11.3. The molecule has 0 aromatic heterocycles. The van der Waals surface area contributed by atoms with Gasteiger partial charge in [0, 0.05) is 0 Å². The van der Waals surface area contributed by atoms with Crippen LogP contribution in [-0.4, -0.2) is 0 Å². The molecule has 0 bridgehead atoms. The Kier molecular flexibility index (Phi) is 4.44. The van der Waals surface area contributed by atoms with Gasteiger partial charge in [0.2, 0.25) is 0 Å². The Balaban J connectivity index is 2.24. The van der Waals surface area contributed by atoms with Gasteiger partial charge in [-0.1, -0.05) is 95.2 Å². The molecule has 3 aliphatic rings. The highest BCUT2D eigenvalue weighted by Gasteiger charge is 2.68. The highest BCUT2D eigenvalue weighted by molar-refractivity contribution is 5.20. The third-order valence-electron chi connectivity index (χ3n) is 11.1. The van der Waals surface area contributed by atoms with Gasteiger partial charge >= 0.3 is 0 Å². The van der Waals surface area contributed by atoms with Gasteiger partial charge in [-0.2, -0.15) is 0 Å². The van der Waals surface area contributed by atoms with Crippen LogP contribution in [0.5, 0.6) is 0 Å². The number of hydrogen-bond acceptors (Lipinski definition) is 0. The number of fused-ring (bicyclic) bond motifs is 2. The van der Waals surface area contributed by atoms with E-state index in [-0.39, 0.29) is 0 Å². The van der Waals surface area contributed by atoms with Crippen LogP contribution < -0.4 is 0 Å². The van der Waals surface area contributed by atoms with E-state index in [1.807, 2.05) is 0 Å². The Morgan fingerprint density at radius 3 is 1.00 bits per heavy atom. The van der Waals surface area contributed by atoms with Crippen LogP contribution in [0.1, 0.15) is 83.1 Å². The second-order valence-electron chi connectivity index (χ2n) is 12.9. The maximum absolute atomic E-state index is 2.64. The van der Waals surface area contributed by atoms with Crippen molar-refractivity contribution in [1.82, 2.24) is 0 Å².